The number of aliphatic carboxylic acids is 1. The fraction of sp³-hybridized carbons (Fsp3) is 0.154. The molecule has 0 amide bonds. The van der Waals surface area contributed by atoms with E-state index in [1.165, 1.54) is 7.11 Å². The second kappa shape index (κ2) is 4.33. The molecule has 0 saturated carbocycles. The molecule has 0 aromatic heterocycles. The lowest BCUT2D eigenvalue weighted by atomic mass is 10.0. The molecule has 0 unspecified atom stereocenters. The van der Waals surface area contributed by atoms with Gasteiger partial charge in [-0.2, -0.15) is 0 Å². The van der Waals surface area contributed by atoms with Crippen molar-refractivity contribution in [1.82, 2.24) is 0 Å². The number of benzene rings is 2. The Hall–Kier alpha value is -1.87. The molecule has 0 heterocycles. The Morgan fingerprint density at radius 1 is 1.19 bits per heavy atom. The number of carboxylic acids is 1. The molecule has 1 atom stereocenters. The van der Waals surface area contributed by atoms with E-state index in [1.54, 1.807) is 6.07 Å². The molecular formula is C13H12O3. The number of ether oxygens (including phenoxy) is 1. The van der Waals surface area contributed by atoms with Crippen molar-refractivity contribution >= 4 is 16.7 Å². The maximum atomic E-state index is 11.0. The van der Waals surface area contributed by atoms with Gasteiger partial charge in [0.05, 0.1) is 0 Å². The average molecular weight is 216 g/mol. The van der Waals surface area contributed by atoms with Crippen LogP contribution < -0.4 is 0 Å². The maximum absolute atomic E-state index is 11.0. The van der Waals surface area contributed by atoms with Crippen LogP contribution >= 0.6 is 0 Å². The first-order chi connectivity index (χ1) is 7.74. The minimum atomic E-state index is -0.973. The molecule has 2 aromatic rings. The summed E-state index contributed by atoms with van der Waals surface area (Å²) in [4.78, 5) is 11.0. The monoisotopic (exact) mass is 216 g/mol. The summed E-state index contributed by atoms with van der Waals surface area (Å²) in [5, 5.41) is 11.0. The van der Waals surface area contributed by atoms with Gasteiger partial charge in [0.25, 0.3) is 0 Å². The zero-order chi connectivity index (χ0) is 11.5. The molecule has 0 spiro atoms. The van der Waals surface area contributed by atoms with Crippen molar-refractivity contribution in [2.75, 3.05) is 7.11 Å². The van der Waals surface area contributed by atoms with Crippen LogP contribution in [0.1, 0.15) is 11.7 Å². The number of hydrogen-bond acceptors (Lipinski definition) is 2. The molecule has 0 aliphatic heterocycles. The summed E-state index contributed by atoms with van der Waals surface area (Å²) < 4.78 is 5.01. The molecule has 3 heteroatoms. The van der Waals surface area contributed by atoms with Gasteiger partial charge in [0, 0.05) is 7.11 Å². The summed E-state index contributed by atoms with van der Waals surface area (Å²) in [6.45, 7) is 0. The molecule has 0 bridgehead atoms. The highest BCUT2D eigenvalue weighted by atomic mass is 16.5. The lowest BCUT2D eigenvalue weighted by Gasteiger charge is -2.13. The van der Waals surface area contributed by atoms with Gasteiger partial charge < -0.3 is 9.84 Å². The van der Waals surface area contributed by atoms with Crippen molar-refractivity contribution in [2.45, 2.75) is 6.10 Å². The molecule has 0 aliphatic rings. The SMILES string of the molecule is CO[C@@H](C(=O)O)c1cccc2ccccc12. The van der Waals surface area contributed by atoms with E-state index in [9.17, 15) is 4.79 Å². The van der Waals surface area contributed by atoms with Crippen LogP contribution in [0, 0.1) is 0 Å². The number of carboxylic acid groups (broad SMARTS) is 1. The Bertz CT molecular complexity index is 514. The zero-order valence-electron chi connectivity index (χ0n) is 8.88. The van der Waals surface area contributed by atoms with Gasteiger partial charge in [-0.1, -0.05) is 42.5 Å². The first-order valence-corrected chi connectivity index (χ1v) is 4.97. The predicted molar refractivity (Wildman–Crippen MR) is 61.3 cm³/mol. The van der Waals surface area contributed by atoms with Gasteiger partial charge in [-0.25, -0.2) is 4.79 Å². The zero-order valence-corrected chi connectivity index (χ0v) is 8.88. The molecule has 0 fully saturated rings. The Labute approximate surface area is 93.3 Å². The van der Waals surface area contributed by atoms with Crippen LogP contribution in [0.3, 0.4) is 0 Å². The Morgan fingerprint density at radius 2 is 1.88 bits per heavy atom. The third-order valence-corrected chi connectivity index (χ3v) is 2.57. The van der Waals surface area contributed by atoms with Crippen molar-refractivity contribution < 1.29 is 14.6 Å². The average Bonchev–Trinajstić information content (AvgIpc) is 2.30. The largest absolute Gasteiger partial charge is 0.479 e. The van der Waals surface area contributed by atoms with E-state index < -0.39 is 12.1 Å². The van der Waals surface area contributed by atoms with E-state index in [0.717, 1.165) is 10.8 Å². The minimum absolute atomic E-state index is 0.688. The fourth-order valence-electron chi connectivity index (χ4n) is 1.84. The van der Waals surface area contributed by atoms with Crippen LogP contribution in [-0.4, -0.2) is 18.2 Å². The standard InChI is InChI=1S/C13H12O3/c1-16-12(13(14)15)11-8-4-6-9-5-2-3-7-10(9)11/h2-8,12H,1H3,(H,14,15)/t12-/m1/s1. The first kappa shape index (κ1) is 10.6. The van der Waals surface area contributed by atoms with Crippen LogP contribution in [0.4, 0.5) is 0 Å². The van der Waals surface area contributed by atoms with Crippen LogP contribution in [0.25, 0.3) is 10.8 Å². The van der Waals surface area contributed by atoms with Crippen LogP contribution in [-0.2, 0) is 9.53 Å². The first-order valence-electron chi connectivity index (χ1n) is 4.97. The summed E-state index contributed by atoms with van der Waals surface area (Å²) >= 11 is 0. The third kappa shape index (κ3) is 1.77. The van der Waals surface area contributed by atoms with E-state index in [-0.39, 0.29) is 0 Å². The summed E-state index contributed by atoms with van der Waals surface area (Å²) in [7, 11) is 1.40. The summed E-state index contributed by atoms with van der Waals surface area (Å²) in [5.41, 5.74) is 0.688. The molecule has 0 radical (unpaired) electrons. The second-order valence-electron chi connectivity index (χ2n) is 3.52. The molecular weight excluding hydrogens is 204 g/mol. The summed E-state index contributed by atoms with van der Waals surface area (Å²) in [6, 6.07) is 13.2. The molecule has 16 heavy (non-hydrogen) atoms. The molecule has 82 valence electrons. The van der Waals surface area contributed by atoms with Crippen molar-refractivity contribution in [3.63, 3.8) is 0 Å². The van der Waals surface area contributed by atoms with Crippen molar-refractivity contribution in [3.8, 4) is 0 Å². The molecule has 2 rings (SSSR count). The molecule has 2 aromatic carbocycles. The van der Waals surface area contributed by atoms with E-state index in [4.69, 9.17) is 9.84 Å². The second-order valence-corrected chi connectivity index (χ2v) is 3.52. The Kier molecular flexibility index (Phi) is 2.88. The van der Waals surface area contributed by atoms with E-state index in [0.29, 0.717) is 5.56 Å². The maximum Gasteiger partial charge on any atom is 0.337 e. The van der Waals surface area contributed by atoms with Gasteiger partial charge in [-0.15, -0.1) is 0 Å². The molecule has 0 saturated heterocycles. The van der Waals surface area contributed by atoms with E-state index in [1.807, 2.05) is 36.4 Å². The van der Waals surface area contributed by atoms with Crippen LogP contribution in [0.2, 0.25) is 0 Å². The van der Waals surface area contributed by atoms with Crippen LogP contribution in [0.15, 0.2) is 42.5 Å². The minimum Gasteiger partial charge on any atom is -0.479 e. The number of hydrogen-bond donors (Lipinski definition) is 1. The lowest BCUT2D eigenvalue weighted by molar-refractivity contribution is -0.148. The van der Waals surface area contributed by atoms with E-state index in [2.05, 4.69) is 0 Å². The highest BCUT2D eigenvalue weighted by Gasteiger charge is 2.20. The quantitative estimate of drug-likeness (QED) is 0.857. The topological polar surface area (TPSA) is 46.5 Å². The number of fused-ring (bicyclic) bond motifs is 1. The van der Waals surface area contributed by atoms with Gasteiger partial charge >= 0.3 is 5.97 Å². The number of carbonyl (C=O) groups is 1. The van der Waals surface area contributed by atoms with Gasteiger partial charge in [-0.3, -0.25) is 0 Å². The number of methoxy groups -OCH3 is 1. The van der Waals surface area contributed by atoms with E-state index >= 15 is 0 Å². The summed E-state index contributed by atoms with van der Waals surface area (Å²) in [6.07, 6.45) is -0.911. The Balaban J connectivity index is 2.63. The van der Waals surface area contributed by atoms with Gasteiger partial charge in [0.1, 0.15) is 0 Å². The Morgan fingerprint density at radius 3 is 2.56 bits per heavy atom. The normalized spacial score (nSPS) is 12.6. The van der Waals surface area contributed by atoms with Crippen LogP contribution in [0.5, 0.6) is 0 Å². The predicted octanol–water partition coefficient (Wildman–Crippen LogP) is 2.61. The van der Waals surface area contributed by atoms with Crippen molar-refractivity contribution in [2.24, 2.45) is 0 Å². The third-order valence-electron chi connectivity index (χ3n) is 2.57. The molecule has 3 nitrogen and oxygen atoms in total. The van der Waals surface area contributed by atoms with Crippen molar-refractivity contribution in [1.29, 1.82) is 0 Å². The molecule has 1 N–H and O–H groups in total. The van der Waals surface area contributed by atoms with Gasteiger partial charge in [0.2, 0.25) is 0 Å². The number of rotatable bonds is 3. The van der Waals surface area contributed by atoms with Gasteiger partial charge in [-0.05, 0) is 16.3 Å². The van der Waals surface area contributed by atoms with Gasteiger partial charge in [0.15, 0.2) is 6.10 Å². The smallest absolute Gasteiger partial charge is 0.337 e. The summed E-state index contributed by atoms with van der Waals surface area (Å²) in [5.74, 6) is -0.973. The molecule has 0 aliphatic carbocycles. The lowest BCUT2D eigenvalue weighted by Crippen LogP contribution is -2.13. The van der Waals surface area contributed by atoms with Crippen molar-refractivity contribution in [3.05, 3.63) is 48.0 Å². The fourth-order valence-corrected chi connectivity index (χ4v) is 1.84. The highest BCUT2D eigenvalue weighted by molar-refractivity contribution is 5.90. The highest BCUT2D eigenvalue weighted by Crippen LogP contribution is 2.26.